The lowest BCUT2D eigenvalue weighted by atomic mass is 9.97. The molecule has 2 rings (SSSR count). The first kappa shape index (κ1) is 19.3. The van der Waals surface area contributed by atoms with E-state index in [0.29, 0.717) is 18.5 Å². The van der Waals surface area contributed by atoms with E-state index in [1.807, 2.05) is 0 Å². The molecule has 0 heterocycles. The van der Waals surface area contributed by atoms with Gasteiger partial charge in [-0.3, -0.25) is 4.79 Å². The Hall–Kier alpha value is -2.00. The van der Waals surface area contributed by atoms with Gasteiger partial charge < -0.3 is 10.1 Å². The molecule has 9 heteroatoms. The SMILES string of the molecule is CCNC(=O)[C@@H](C)NS(=O)(=O)C1=Cc2ccc(OC(F)F)cc2CC1. The van der Waals surface area contributed by atoms with Crippen molar-refractivity contribution in [1.82, 2.24) is 10.0 Å². The number of aryl methyl sites for hydroxylation is 1. The molecule has 1 aliphatic carbocycles. The molecule has 0 fully saturated rings. The number of fused-ring (bicyclic) bond motifs is 1. The van der Waals surface area contributed by atoms with E-state index in [1.165, 1.54) is 31.2 Å². The summed E-state index contributed by atoms with van der Waals surface area (Å²) < 4.78 is 56.1. The number of hydrogen-bond acceptors (Lipinski definition) is 4. The van der Waals surface area contributed by atoms with E-state index in [9.17, 15) is 22.0 Å². The third-order valence-electron chi connectivity index (χ3n) is 3.72. The molecule has 1 atom stereocenters. The van der Waals surface area contributed by atoms with Crippen LogP contribution in [-0.2, 0) is 21.2 Å². The smallest absolute Gasteiger partial charge is 0.387 e. The van der Waals surface area contributed by atoms with Crippen LogP contribution in [-0.4, -0.2) is 33.5 Å². The average Bonchev–Trinajstić information content (AvgIpc) is 2.53. The molecule has 0 unspecified atom stereocenters. The van der Waals surface area contributed by atoms with E-state index < -0.39 is 28.6 Å². The number of carbonyl (C=O) groups is 1. The van der Waals surface area contributed by atoms with Crippen LogP contribution >= 0.6 is 0 Å². The summed E-state index contributed by atoms with van der Waals surface area (Å²) in [6.07, 6.45) is 2.07. The van der Waals surface area contributed by atoms with Crippen LogP contribution in [0.4, 0.5) is 8.78 Å². The van der Waals surface area contributed by atoms with Gasteiger partial charge in [0.25, 0.3) is 0 Å². The van der Waals surface area contributed by atoms with Gasteiger partial charge in [-0.25, -0.2) is 8.42 Å². The molecule has 1 aromatic rings. The zero-order valence-electron chi connectivity index (χ0n) is 13.9. The van der Waals surface area contributed by atoms with Crippen molar-refractivity contribution in [3.8, 4) is 5.75 Å². The zero-order valence-corrected chi connectivity index (χ0v) is 14.7. The largest absolute Gasteiger partial charge is 0.435 e. The van der Waals surface area contributed by atoms with E-state index in [1.54, 1.807) is 6.92 Å². The highest BCUT2D eigenvalue weighted by molar-refractivity contribution is 7.93. The summed E-state index contributed by atoms with van der Waals surface area (Å²) in [5, 5.41) is 2.55. The zero-order chi connectivity index (χ0) is 18.6. The van der Waals surface area contributed by atoms with Gasteiger partial charge in [0.15, 0.2) is 0 Å². The number of allylic oxidation sites excluding steroid dienone is 1. The number of hydrogen-bond donors (Lipinski definition) is 2. The van der Waals surface area contributed by atoms with E-state index in [0.717, 1.165) is 5.56 Å². The molecule has 2 N–H and O–H groups in total. The Labute approximate surface area is 145 Å². The lowest BCUT2D eigenvalue weighted by Gasteiger charge is -2.20. The second kappa shape index (κ2) is 7.92. The van der Waals surface area contributed by atoms with Gasteiger partial charge in [-0.15, -0.1) is 0 Å². The minimum absolute atomic E-state index is 0.0384. The first-order chi connectivity index (χ1) is 11.7. The maximum absolute atomic E-state index is 12.4. The topological polar surface area (TPSA) is 84.5 Å². The van der Waals surface area contributed by atoms with Gasteiger partial charge in [-0.2, -0.15) is 13.5 Å². The van der Waals surface area contributed by atoms with Crippen molar-refractivity contribution in [2.75, 3.05) is 6.54 Å². The highest BCUT2D eigenvalue weighted by Gasteiger charge is 2.26. The summed E-state index contributed by atoms with van der Waals surface area (Å²) in [5.74, 6) is -0.367. The molecular formula is C16H20F2N2O4S. The lowest BCUT2D eigenvalue weighted by molar-refractivity contribution is -0.122. The molecule has 0 spiro atoms. The van der Waals surface area contributed by atoms with E-state index >= 15 is 0 Å². The van der Waals surface area contributed by atoms with Gasteiger partial charge in [-0.05, 0) is 56.0 Å². The van der Waals surface area contributed by atoms with Crippen molar-refractivity contribution in [2.45, 2.75) is 39.3 Å². The van der Waals surface area contributed by atoms with Gasteiger partial charge in [0, 0.05) is 6.54 Å². The van der Waals surface area contributed by atoms with Crippen molar-refractivity contribution >= 4 is 22.0 Å². The fourth-order valence-electron chi connectivity index (χ4n) is 2.52. The molecule has 1 aromatic carbocycles. The normalized spacial score (nSPS) is 15.3. The van der Waals surface area contributed by atoms with Crippen LogP contribution in [0.25, 0.3) is 6.08 Å². The molecule has 0 saturated heterocycles. The highest BCUT2D eigenvalue weighted by Crippen LogP contribution is 2.30. The Bertz CT molecular complexity index is 778. The number of amides is 1. The molecule has 0 saturated carbocycles. The molecule has 0 aromatic heterocycles. The molecule has 6 nitrogen and oxygen atoms in total. The molecular weight excluding hydrogens is 354 g/mol. The quantitative estimate of drug-likeness (QED) is 0.765. The van der Waals surface area contributed by atoms with Gasteiger partial charge in [0.1, 0.15) is 5.75 Å². The van der Waals surface area contributed by atoms with Crippen LogP contribution in [0.1, 0.15) is 31.4 Å². The highest BCUT2D eigenvalue weighted by atomic mass is 32.2. The van der Waals surface area contributed by atoms with E-state index in [2.05, 4.69) is 14.8 Å². The summed E-state index contributed by atoms with van der Waals surface area (Å²) >= 11 is 0. The van der Waals surface area contributed by atoms with E-state index in [4.69, 9.17) is 0 Å². The Balaban J connectivity index is 2.18. The molecule has 138 valence electrons. The number of carbonyl (C=O) groups excluding carboxylic acids is 1. The van der Waals surface area contributed by atoms with Gasteiger partial charge >= 0.3 is 6.61 Å². The first-order valence-electron chi connectivity index (χ1n) is 7.81. The Morgan fingerprint density at radius 1 is 1.32 bits per heavy atom. The molecule has 1 amide bonds. The summed E-state index contributed by atoms with van der Waals surface area (Å²) in [7, 11) is -3.82. The fraction of sp³-hybridized carbons (Fsp3) is 0.438. The third kappa shape index (κ3) is 4.99. The number of ether oxygens (including phenoxy) is 1. The van der Waals surface area contributed by atoms with Crippen molar-refractivity contribution in [3.63, 3.8) is 0 Å². The predicted molar refractivity (Wildman–Crippen MR) is 89.6 cm³/mol. The lowest BCUT2D eigenvalue weighted by Crippen LogP contribution is -2.45. The summed E-state index contributed by atoms with van der Waals surface area (Å²) in [4.78, 5) is 11.8. The average molecular weight is 374 g/mol. The Morgan fingerprint density at radius 3 is 2.68 bits per heavy atom. The maximum Gasteiger partial charge on any atom is 0.387 e. The maximum atomic E-state index is 12.4. The number of benzene rings is 1. The number of alkyl halides is 2. The summed E-state index contributed by atoms with van der Waals surface area (Å²) in [6.45, 7) is 0.705. The Kier molecular flexibility index (Phi) is 6.12. The van der Waals surface area contributed by atoms with Crippen LogP contribution in [0.15, 0.2) is 23.1 Å². The Morgan fingerprint density at radius 2 is 2.04 bits per heavy atom. The number of likely N-dealkylation sites (N-methyl/N-ethyl adjacent to an activating group) is 1. The molecule has 0 bridgehead atoms. The van der Waals surface area contributed by atoms with Crippen LogP contribution in [0, 0.1) is 0 Å². The standard InChI is InChI=1S/C16H20F2N2O4S/c1-3-19-15(21)10(2)20-25(22,23)14-7-5-11-8-13(24-16(17)18)6-4-12(11)9-14/h4,6,8-10,16,20H,3,5,7H2,1-2H3,(H,19,21)/t10-/m1/s1. The molecule has 0 aliphatic heterocycles. The van der Waals surface area contributed by atoms with Crippen LogP contribution in [0.3, 0.4) is 0 Å². The minimum atomic E-state index is -3.82. The number of halogens is 2. The van der Waals surface area contributed by atoms with E-state index in [-0.39, 0.29) is 17.1 Å². The predicted octanol–water partition coefficient (Wildman–Crippen LogP) is 2.02. The summed E-state index contributed by atoms with van der Waals surface area (Å²) in [6, 6.07) is 3.48. The van der Waals surface area contributed by atoms with Crippen molar-refractivity contribution < 1.29 is 26.7 Å². The van der Waals surface area contributed by atoms with Crippen molar-refractivity contribution in [2.24, 2.45) is 0 Å². The molecule has 1 aliphatic rings. The first-order valence-corrected chi connectivity index (χ1v) is 9.29. The van der Waals surface area contributed by atoms with Gasteiger partial charge in [0.05, 0.1) is 10.9 Å². The second-order valence-electron chi connectivity index (χ2n) is 5.59. The van der Waals surface area contributed by atoms with Crippen LogP contribution < -0.4 is 14.8 Å². The third-order valence-corrected chi connectivity index (χ3v) is 5.39. The molecule has 0 radical (unpaired) electrons. The fourth-order valence-corrected chi connectivity index (χ4v) is 3.90. The molecule has 25 heavy (non-hydrogen) atoms. The number of nitrogens with one attached hydrogen (secondary N) is 2. The van der Waals surface area contributed by atoms with Crippen molar-refractivity contribution in [1.29, 1.82) is 0 Å². The number of rotatable bonds is 7. The van der Waals surface area contributed by atoms with Gasteiger partial charge in [-0.1, -0.05) is 6.07 Å². The number of sulfonamides is 1. The monoisotopic (exact) mass is 374 g/mol. The van der Waals surface area contributed by atoms with Crippen LogP contribution in [0.5, 0.6) is 5.75 Å². The minimum Gasteiger partial charge on any atom is -0.435 e. The summed E-state index contributed by atoms with van der Waals surface area (Å²) in [5.41, 5.74) is 1.35. The second-order valence-corrected chi connectivity index (χ2v) is 7.35. The van der Waals surface area contributed by atoms with Gasteiger partial charge in [0.2, 0.25) is 15.9 Å². The van der Waals surface area contributed by atoms with Crippen molar-refractivity contribution in [3.05, 3.63) is 34.2 Å². The van der Waals surface area contributed by atoms with Crippen LogP contribution in [0.2, 0.25) is 0 Å².